The van der Waals surface area contributed by atoms with Crippen LogP contribution in [0, 0.1) is 0 Å². The highest BCUT2D eigenvalue weighted by Gasteiger charge is 2.49. The molecule has 0 radical (unpaired) electrons. The van der Waals surface area contributed by atoms with E-state index in [-0.39, 0.29) is 11.9 Å². The van der Waals surface area contributed by atoms with Crippen molar-refractivity contribution in [3.8, 4) is 16.9 Å². The first-order valence-electron chi connectivity index (χ1n) is 9.62. The van der Waals surface area contributed by atoms with Gasteiger partial charge >= 0.3 is 0 Å². The summed E-state index contributed by atoms with van der Waals surface area (Å²) in [5.74, 6) is 0.909. The van der Waals surface area contributed by atoms with Gasteiger partial charge < -0.3 is 14.9 Å². The summed E-state index contributed by atoms with van der Waals surface area (Å²) < 4.78 is 11.0. The van der Waals surface area contributed by atoms with E-state index < -0.39 is 5.54 Å². The molecule has 0 aliphatic carbocycles. The smallest absolute Gasteiger partial charge is 0.266 e. The lowest BCUT2D eigenvalue weighted by molar-refractivity contribution is -0.129. The molecular weight excluding hydrogens is 366 g/mol. The van der Waals surface area contributed by atoms with Crippen molar-refractivity contribution < 1.29 is 13.9 Å². The zero-order valence-electron chi connectivity index (χ0n) is 16.1. The van der Waals surface area contributed by atoms with Crippen molar-refractivity contribution in [2.75, 3.05) is 13.7 Å². The Kier molecular flexibility index (Phi) is 3.94. The molecule has 2 N–H and O–H groups in total. The number of carbonyl (C=O) groups excluding carboxylic acids is 1. The van der Waals surface area contributed by atoms with Gasteiger partial charge in [0.05, 0.1) is 19.1 Å². The minimum absolute atomic E-state index is 0.170. The molecular formula is C23H21N3O3. The third-order valence-electron chi connectivity index (χ3n) is 5.70. The summed E-state index contributed by atoms with van der Waals surface area (Å²) in [5.41, 5.74) is 9.44. The number of hydrogen-bond donors (Lipinski definition) is 1. The maximum absolute atomic E-state index is 13.5. The van der Waals surface area contributed by atoms with E-state index in [4.69, 9.17) is 19.9 Å². The first kappa shape index (κ1) is 17.6. The second-order valence-electron chi connectivity index (χ2n) is 7.41. The number of likely N-dealkylation sites (N-methyl/N-ethyl adjacent to an activating group) is 1. The molecule has 0 fully saturated rings. The first-order valence-corrected chi connectivity index (χ1v) is 9.62. The molecule has 0 bridgehead atoms. The highest BCUT2D eigenvalue weighted by atomic mass is 16.5. The topological polar surface area (TPSA) is 81.1 Å². The maximum Gasteiger partial charge on any atom is 0.266 e. The Labute approximate surface area is 168 Å². The van der Waals surface area contributed by atoms with Crippen molar-refractivity contribution in [1.82, 2.24) is 4.90 Å². The quantitative estimate of drug-likeness (QED) is 0.748. The predicted octanol–water partition coefficient (Wildman–Crippen LogP) is 3.30. The molecule has 2 aliphatic rings. The number of hydrogen-bond acceptors (Lipinski definition) is 5. The Hall–Kier alpha value is -3.54. The highest BCUT2D eigenvalue weighted by Crippen LogP contribution is 2.42. The summed E-state index contributed by atoms with van der Waals surface area (Å²) in [6.45, 7) is 0.719. The summed E-state index contributed by atoms with van der Waals surface area (Å²) in [5, 5.41) is 0. The summed E-state index contributed by atoms with van der Waals surface area (Å²) in [7, 11) is 1.66. The Bertz CT molecular complexity index is 1120. The summed E-state index contributed by atoms with van der Waals surface area (Å²) in [6, 6.07) is 15.6. The van der Waals surface area contributed by atoms with Crippen LogP contribution in [0.15, 0.2) is 70.5 Å². The normalized spacial score (nSPS) is 20.9. The fourth-order valence-electron chi connectivity index (χ4n) is 4.12. The second-order valence-corrected chi connectivity index (χ2v) is 7.41. The molecule has 146 valence electrons. The number of aryl methyl sites for hydroxylation is 1. The number of nitrogens with two attached hydrogens (primary N) is 1. The van der Waals surface area contributed by atoms with Crippen LogP contribution in [0.4, 0.5) is 0 Å². The molecule has 6 heteroatoms. The molecule has 3 heterocycles. The molecule has 1 atom stereocenters. The Balaban J connectivity index is 1.72. The van der Waals surface area contributed by atoms with Crippen LogP contribution in [-0.4, -0.2) is 30.4 Å². The van der Waals surface area contributed by atoms with Crippen LogP contribution in [0.3, 0.4) is 0 Å². The Morgan fingerprint density at radius 3 is 2.72 bits per heavy atom. The van der Waals surface area contributed by atoms with Gasteiger partial charge in [0.2, 0.25) is 0 Å². The average molecular weight is 387 g/mol. The minimum Gasteiger partial charge on any atom is -0.493 e. The van der Waals surface area contributed by atoms with Crippen LogP contribution in [0.1, 0.15) is 23.1 Å². The van der Waals surface area contributed by atoms with Crippen molar-refractivity contribution in [3.05, 3.63) is 77.7 Å². The van der Waals surface area contributed by atoms with Gasteiger partial charge in [-0.2, -0.15) is 0 Å². The third kappa shape index (κ3) is 2.63. The fourth-order valence-corrected chi connectivity index (χ4v) is 4.12. The Morgan fingerprint density at radius 1 is 1.10 bits per heavy atom. The lowest BCUT2D eigenvalue weighted by Gasteiger charge is -2.28. The lowest BCUT2D eigenvalue weighted by Crippen LogP contribution is -2.41. The van der Waals surface area contributed by atoms with Crippen LogP contribution >= 0.6 is 0 Å². The number of guanidine groups is 1. The van der Waals surface area contributed by atoms with Crippen LogP contribution in [0.2, 0.25) is 0 Å². The monoisotopic (exact) mass is 387 g/mol. The van der Waals surface area contributed by atoms with Gasteiger partial charge in [-0.05, 0) is 59.4 Å². The summed E-state index contributed by atoms with van der Waals surface area (Å²) >= 11 is 0. The van der Waals surface area contributed by atoms with Gasteiger partial charge in [0.15, 0.2) is 11.5 Å². The molecule has 2 aliphatic heterocycles. The van der Waals surface area contributed by atoms with Gasteiger partial charge in [-0.3, -0.25) is 9.69 Å². The van der Waals surface area contributed by atoms with E-state index in [9.17, 15) is 4.79 Å². The zero-order valence-corrected chi connectivity index (χ0v) is 16.1. The van der Waals surface area contributed by atoms with Gasteiger partial charge in [-0.1, -0.05) is 24.3 Å². The van der Waals surface area contributed by atoms with Crippen molar-refractivity contribution in [3.63, 3.8) is 0 Å². The molecule has 2 aromatic carbocycles. The Morgan fingerprint density at radius 2 is 1.97 bits per heavy atom. The van der Waals surface area contributed by atoms with Crippen molar-refractivity contribution >= 4 is 11.9 Å². The van der Waals surface area contributed by atoms with Crippen molar-refractivity contribution in [1.29, 1.82) is 0 Å². The van der Waals surface area contributed by atoms with Crippen molar-refractivity contribution in [2.45, 2.75) is 18.4 Å². The van der Waals surface area contributed by atoms with Gasteiger partial charge in [0, 0.05) is 12.6 Å². The molecule has 0 saturated heterocycles. The van der Waals surface area contributed by atoms with Gasteiger partial charge in [0.25, 0.3) is 5.91 Å². The average Bonchev–Trinajstić information content (AvgIpc) is 3.38. The van der Waals surface area contributed by atoms with E-state index in [1.54, 1.807) is 19.6 Å². The lowest BCUT2D eigenvalue weighted by atomic mass is 9.80. The molecule has 29 heavy (non-hydrogen) atoms. The van der Waals surface area contributed by atoms with E-state index in [1.165, 1.54) is 4.90 Å². The number of furan rings is 1. The minimum atomic E-state index is -1.22. The predicted molar refractivity (Wildman–Crippen MR) is 110 cm³/mol. The molecule has 0 saturated carbocycles. The number of rotatable bonds is 3. The van der Waals surface area contributed by atoms with Crippen LogP contribution in [0.5, 0.6) is 5.75 Å². The SMILES string of the molecule is CN1C(=O)C(c2cccc(-c3ccoc3)c2)(c2ccc3c(c2)CCCO3)N=C1N. The third-order valence-corrected chi connectivity index (χ3v) is 5.70. The maximum atomic E-state index is 13.5. The number of amides is 1. The van der Waals surface area contributed by atoms with Crippen LogP contribution in [0.25, 0.3) is 11.1 Å². The number of benzene rings is 2. The first-order chi connectivity index (χ1) is 14.1. The van der Waals surface area contributed by atoms with Crippen LogP contribution in [-0.2, 0) is 16.8 Å². The standard InChI is InChI=1S/C23H21N3O3/c1-26-21(27)23(25-22(26)24,19-7-8-20-16(13-19)5-3-10-29-20)18-6-2-4-15(12-18)17-9-11-28-14-17/h2,4,6-9,11-14H,3,5,10H2,1H3,(H2,24,25). The number of fused-ring (bicyclic) bond motifs is 1. The van der Waals surface area contributed by atoms with Crippen molar-refractivity contribution in [2.24, 2.45) is 10.7 Å². The molecule has 1 unspecified atom stereocenters. The van der Waals surface area contributed by atoms with Gasteiger partial charge in [-0.25, -0.2) is 4.99 Å². The van der Waals surface area contributed by atoms with Gasteiger partial charge in [0.1, 0.15) is 5.75 Å². The second kappa shape index (κ2) is 6.51. The van der Waals surface area contributed by atoms with E-state index in [0.29, 0.717) is 0 Å². The highest BCUT2D eigenvalue weighted by molar-refractivity contribution is 6.09. The molecule has 6 nitrogen and oxygen atoms in total. The summed E-state index contributed by atoms with van der Waals surface area (Å²) in [6.07, 6.45) is 5.18. The van der Waals surface area contributed by atoms with E-state index in [2.05, 4.69) is 0 Å². The molecule has 0 spiro atoms. The van der Waals surface area contributed by atoms with E-state index in [0.717, 1.165) is 53.0 Å². The number of ether oxygens (including phenoxy) is 1. The number of nitrogens with zero attached hydrogens (tertiary/aromatic N) is 2. The van der Waals surface area contributed by atoms with Crippen LogP contribution < -0.4 is 10.5 Å². The molecule has 1 amide bonds. The molecule has 5 rings (SSSR count). The van der Waals surface area contributed by atoms with E-state index in [1.807, 2.05) is 48.5 Å². The van der Waals surface area contributed by atoms with E-state index >= 15 is 0 Å². The number of carbonyl (C=O) groups is 1. The van der Waals surface area contributed by atoms with Gasteiger partial charge in [-0.15, -0.1) is 0 Å². The zero-order chi connectivity index (χ0) is 20.0. The molecule has 3 aromatic rings. The molecule has 1 aromatic heterocycles. The number of aliphatic imine (C=N–C) groups is 1. The fraction of sp³-hybridized carbons (Fsp3) is 0.217. The largest absolute Gasteiger partial charge is 0.493 e. The summed E-state index contributed by atoms with van der Waals surface area (Å²) in [4.78, 5) is 19.6.